The zero-order chi connectivity index (χ0) is 16.9. The second kappa shape index (κ2) is 7.88. The Bertz CT molecular complexity index is 631. The van der Waals surface area contributed by atoms with E-state index < -0.39 is 9.84 Å². The number of carbonyl (C=O) groups is 1. The number of nitrogens with zero attached hydrogens (tertiary/aromatic N) is 1. The summed E-state index contributed by atoms with van der Waals surface area (Å²) < 4.78 is 35.2. The number of carbonyl (C=O) groups excluding carboxylic acids is 1. The number of hydrogen-bond acceptors (Lipinski definition) is 4. The summed E-state index contributed by atoms with van der Waals surface area (Å²) >= 11 is 0. The molecule has 1 amide bonds. The summed E-state index contributed by atoms with van der Waals surface area (Å²) in [4.78, 5) is 14.4. The van der Waals surface area contributed by atoms with Crippen LogP contribution < -0.4 is 5.32 Å². The summed E-state index contributed by atoms with van der Waals surface area (Å²) in [6, 6.07) is 6.03. The number of benzene rings is 1. The van der Waals surface area contributed by atoms with Crippen LogP contribution >= 0.6 is 0 Å². The van der Waals surface area contributed by atoms with Crippen LogP contribution in [0.4, 0.5) is 4.39 Å². The lowest BCUT2D eigenvalue weighted by Crippen LogP contribution is -2.49. The van der Waals surface area contributed by atoms with Gasteiger partial charge in [-0.2, -0.15) is 0 Å². The minimum atomic E-state index is -3.08. The van der Waals surface area contributed by atoms with Crippen LogP contribution in [-0.4, -0.2) is 50.4 Å². The number of nitrogens with one attached hydrogen (secondary N) is 1. The lowest BCUT2D eigenvalue weighted by molar-refractivity contribution is -0.127. The molecule has 7 heteroatoms. The van der Waals surface area contributed by atoms with Gasteiger partial charge >= 0.3 is 0 Å². The molecule has 5 nitrogen and oxygen atoms in total. The third-order valence-corrected chi connectivity index (χ3v) is 4.93. The van der Waals surface area contributed by atoms with Gasteiger partial charge in [-0.05, 0) is 37.1 Å². The van der Waals surface area contributed by atoms with Gasteiger partial charge in [-0.15, -0.1) is 0 Å². The number of amides is 1. The van der Waals surface area contributed by atoms with Crippen LogP contribution in [0.25, 0.3) is 0 Å². The van der Waals surface area contributed by atoms with Gasteiger partial charge in [-0.1, -0.05) is 18.6 Å². The van der Waals surface area contributed by atoms with E-state index in [0.717, 1.165) is 37.6 Å². The molecule has 2 rings (SSSR count). The number of rotatable bonds is 6. The highest BCUT2D eigenvalue weighted by Gasteiger charge is 2.28. The molecule has 23 heavy (non-hydrogen) atoms. The topological polar surface area (TPSA) is 66.5 Å². The fourth-order valence-electron chi connectivity index (χ4n) is 2.78. The van der Waals surface area contributed by atoms with Crippen LogP contribution in [0.1, 0.15) is 24.8 Å². The zero-order valence-electron chi connectivity index (χ0n) is 13.3. The molecule has 0 spiro atoms. The Kier molecular flexibility index (Phi) is 6.12. The summed E-state index contributed by atoms with van der Waals surface area (Å²) in [5.74, 6) is -0.457. The molecule has 0 saturated carbocycles. The highest BCUT2D eigenvalue weighted by Crippen LogP contribution is 2.20. The van der Waals surface area contributed by atoms with Crippen molar-refractivity contribution in [3.05, 3.63) is 35.6 Å². The minimum absolute atomic E-state index is 0.0522. The van der Waals surface area contributed by atoms with Crippen molar-refractivity contribution in [2.24, 2.45) is 0 Å². The van der Waals surface area contributed by atoms with Crippen LogP contribution in [0, 0.1) is 5.82 Å². The van der Waals surface area contributed by atoms with E-state index in [1.54, 1.807) is 12.1 Å². The molecule has 1 aliphatic heterocycles. The van der Waals surface area contributed by atoms with E-state index in [1.807, 2.05) is 0 Å². The number of piperidine rings is 1. The van der Waals surface area contributed by atoms with Crippen molar-refractivity contribution in [1.29, 1.82) is 0 Å². The van der Waals surface area contributed by atoms with Gasteiger partial charge in [0.1, 0.15) is 15.7 Å². The fraction of sp³-hybridized carbons (Fsp3) is 0.562. The van der Waals surface area contributed by atoms with Gasteiger partial charge in [0, 0.05) is 19.3 Å². The third kappa shape index (κ3) is 5.91. The second-order valence-electron chi connectivity index (χ2n) is 6.03. The molecule has 0 aliphatic carbocycles. The maximum Gasteiger partial charge on any atom is 0.237 e. The van der Waals surface area contributed by atoms with Crippen molar-refractivity contribution in [1.82, 2.24) is 10.2 Å². The summed E-state index contributed by atoms with van der Waals surface area (Å²) in [6.07, 6.45) is 3.91. The Labute approximate surface area is 136 Å². The van der Waals surface area contributed by atoms with E-state index in [-0.39, 0.29) is 30.1 Å². The van der Waals surface area contributed by atoms with Crippen LogP contribution in [0.3, 0.4) is 0 Å². The molecule has 1 aliphatic rings. The second-order valence-corrected chi connectivity index (χ2v) is 8.29. The van der Waals surface area contributed by atoms with E-state index >= 15 is 0 Å². The Hall–Kier alpha value is -1.47. The van der Waals surface area contributed by atoms with E-state index in [2.05, 4.69) is 10.2 Å². The molecule has 1 saturated heterocycles. The maximum absolute atomic E-state index is 13.0. The molecule has 0 bridgehead atoms. The Morgan fingerprint density at radius 3 is 2.65 bits per heavy atom. The zero-order valence-corrected chi connectivity index (χ0v) is 14.1. The molecule has 1 heterocycles. The SMILES string of the molecule is CS(=O)(=O)CCNC(=O)[C@H]1CCCCN1Cc1ccc(F)cc1. The average molecular weight is 342 g/mol. The first kappa shape index (κ1) is 17.9. The van der Waals surface area contributed by atoms with Gasteiger partial charge in [0.05, 0.1) is 11.8 Å². The van der Waals surface area contributed by atoms with Crippen molar-refractivity contribution in [3.8, 4) is 0 Å². The molecular weight excluding hydrogens is 319 g/mol. The lowest BCUT2D eigenvalue weighted by Gasteiger charge is -2.34. The summed E-state index contributed by atoms with van der Waals surface area (Å²) in [5.41, 5.74) is 0.960. The van der Waals surface area contributed by atoms with E-state index in [0.29, 0.717) is 6.54 Å². The van der Waals surface area contributed by atoms with Gasteiger partial charge in [0.25, 0.3) is 0 Å². The Balaban J connectivity index is 1.94. The van der Waals surface area contributed by atoms with Gasteiger partial charge in [0.15, 0.2) is 0 Å². The van der Waals surface area contributed by atoms with Crippen molar-refractivity contribution in [2.75, 3.05) is 25.1 Å². The fourth-order valence-corrected chi connectivity index (χ4v) is 3.25. The Morgan fingerprint density at radius 2 is 2.00 bits per heavy atom. The smallest absolute Gasteiger partial charge is 0.237 e. The monoisotopic (exact) mass is 342 g/mol. The molecule has 0 radical (unpaired) electrons. The van der Waals surface area contributed by atoms with Crippen molar-refractivity contribution in [3.63, 3.8) is 0 Å². The number of sulfone groups is 1. The molecule has 128 valence electrons. The molecule has 1 N–H and O–H groups in total. The maximum atomic E-state index is 13.0. The van der Waals surface area contributed by atoms with E-state index in [9.17, 15) is 17.6 Å². The van der Waals surface area contributed by atoms with Crippen LogP contribution in [0.2, 0.25) is 0 Å². The highest BCUT2D eigenvalue weighted by atomic mass is 32.2. The first-order valence-electron chi connectivity index (χ1n) is 7.79. The van der Waals surface area contributed by atoms with Gasteiger partial charge in [-0.3, -0.25) is 9.69 Å². The van der Waals surface area contributed by atoms with E-state index in [1.165, 1.54) is 12.1 Å². The van der Waals surface area contributed by atoms with Gasteiger partial charge < -0.3 is 5.32 Å². The van der Waals surface area contributed by atoms with Crippen LogP contribution in [0.5, 0.6) is 0 Å². The molecular formula is C16H23FN2O3S. The minimum Gasteiger partial charge on any atom is -0.354 e. The van der Waals surface area contributed by atoms with Crippen molar-refractivity contribution < 1.29 is 17.6 Å². The van der Waals surface area contributed by atoms with Crippen molar-refractivity contribution >= 4 is 15.7 Å². The molecule has 1 aromatic rings. The predicted molar refractivity (Wildman–Crippen MR) is 87.2 cm³/mol. The normalized spacial score (nSPS) is 19.5. The van der Waals surface area contributed by atoms with Crippen LogP contribution in [-0.2, 0) is 21.2 Å². The highest BCUT2D eigenvalue weighted by molar-refractivity contribution is 7.90. The molecule has 1 fully saturated rings. The first-order chi connectivity index (χ1) is 10.8. The summed E-state index contributed by atoms with van der Waals surface area (Å²) in [7, 11) is -3.08. The van der Waals surface area contributed by atoms with E-state index in [4.69, 9.17) is 0 Å². The molecule has 0 aromatic heterocycles. The standard InChI is InChI=1S/C16H23FN2O3S/c1-23(21,22)11-9-18-16(20)15-4-2-3-10-19(15)12-13-5-7-14(17)8-6-13/h5-8,15H,2-4,9-12H2,1H3,(H,18,20)/t15-/m1/s1. The number of hydrogen-bond donors (Lipinski definition) is 1. The largest absolute Gasteiger partial charge is 0.354 e. The number of likely N-dealkylation sites (tertiary alicyclic amines) is 1. The molecule has 0 unspecified atom stereocenters. The molecule has 1 atom stereocenters. The third-order valence-electron chi connectivity index (χ3n) is 3.99. The summed E-state index contributed by atoms with van der Waals surface area (Å²) in [6.45, 7) is 1.53. The van der Waals surface area contributed by atoms with Crippen molar-refractivity contribution in [2.45, 2.75) is 31.8 Å². The van der Waals surface area contributed by atoms with Gasteiger partial charge in [0.2, 0.25) is 5.91 Å². The lowest BCUT2D eigenvalue weighted by atomic mass is 10.0. The molecule has 1 aromatic carbocycles. The number of halogens is 1. The summed E-state index contributed by atoms with van der Waals surface area (Å²) in [5, 5.41) is 2.71. The predicted octanol–water partition coefficient (Wildman–Crippen LogP) is 1.34. The Morgan fingerprint density at radius 1 is 1.30 bits per heavy atom. The van der Waals surface area contributed by atoms with Gasteiger partial charge in [-0.25, -0.2) is 12.8 Å². The van der Waals surface area contributed by atoms with Crippen LogP contribution in [0.15, 0.2) is 24.3 Å². The quantitative estimate of drug-likeness (QED) is 0.847. The first-order valence-corrected chi connectivity index (χ1v) is 9.85. The average Bonchev–Trinajstić information content (AvgIpc) is 2.49.